The van der Waals surface area contributed by atoms with Gasteiger partial charge in [-0.05, 0) is 48.9 Å². The summed E-state index contributed by atoms with van der Waals surface area (Å²) < 4.78 is 17.2. The summed E-state index contributed by atoms with van der Waals surface area (Å²) in [6.07, 6.45) is 7.06. The first kappa shape index (κ1) is 20.0. The van der Waals surface area contributed by atoms with E-state index in [4.69, 9.17) is 19.9 Å². The number of nitrogen functional groups attached to an aromatic ring is 1. The second-order valence-electron chi connectivity index (χ2n) is 6.23. The number of nitrogens with zero attached hydrogens (tertiary/aromatic N) is 1. The molecular weight excluding hydrogens is 364 g/mol. The van der Waals surface area contributed by atoms with Crippen LogP contribution >= 0.6 is 0 Å². The van der Waals surface area contributed by atoms with Crippen LogP contribution in [0, 0.1) is 0 Å². The number of anilines is 1. The van der Waals surface area contributed by atoms with Gasteiger partial charge in [0.1, 0.15) is 24.4 Å². The van der Waals surface area contributed by atoms with Crippen LogP contribution in [0.1, 0.15) is 12.5 Å². The third kappa shape index (κ3) is 5.62. The average molecular weight is 388 g/mol. The smallest absolute Gasteiger partial charge is 0.154 e. The predicted molar refractivity (Wildman–Crippen MR) is 115 cm³/mol. The Hall–Kier alpha value is -3.73. The van der Waals surface area contributed by atoms with Gasteiger partial charge in [-0.2, -0.15) is 0 Å². The summed E-state index contributed by atoms with van der Waals surface area (Å²) in [5.74, 6) is 1.90. The molecule has 3 aromatic rings. The van der Waals surface area contributed by atoms with Crippen molar-refractivity contribution in [3.05, 3.63) is 95.0 Å². The van der Waals surface area contributed by atoms with E-state index in [-0.39, 0.29) is 0 Å². The highest BCUT2D eigenvalue weighted by Crippen LogP contribution is 2.19. The van der Waals surface area contributed by atoms with Gasteiger partial charge in [0.15, 0.2) is 5.76 Å². The largest absolute Gasteiger partial charge is 0.494 e. The molecule has 29 heavy (non-hydrogen) atoms. The van der Waals surface area contributed by atoms with E-state index in [1.165, 1.54) is 0 Å². The van der Waals surface area contributed by atoms with E-state index in [1.807, 2.05) is 67.6 Å². The van der Waals surface area contributed by atoms with Gasteiger partial charge in [0.2, 0.25) is 0 Å². The molecule has 0 atom stereocenters. The van der Waals surface area contributed by atoms with Crippen LogP contribution in [0.4, 0.5) is 5.69 Å². The first-order chi connectivity index (χ1) is 14.2. The first-order valence-electron chi connectivity index (χ1n) is 9.26. The number of aromatic nitrogens is 1. The van der Waals surface area contributed by atoms with Crippen LogP contribution in [0.2, 0.25) is 0 Å². The van der Waals surface area contributed by atoms with Crippen molar-refractivity contribution < 1.29 is 14.2 Å². The lowest BCUT2D eigenvalue weighted by atomic mass is 10.2. The molecule has 1 heterocycles. The fourth-order valence-electron chi connectivity index (χ4n) is 2.68. The summed E-state index contributed by atoms with van der Waals surface area (Å²) in [6.45, 7) is 2.38. The van der Waals surface area contributed by atoms with Crippen LogP contribution in [0.25, 0.3) is 12.2 Å². The molecule has 3 rings (SSSR count). The maximum Gasteiger partial charge on any atom is 0.154 e. The lowest BCUT2D eigenvalue weighted by Crippen LogP contribution is -2.29. The molecule has 0 spiro atoms. The van der Waals surface area contributed by atoms with Gasteiger partial charge in [-0.1, -0.05) is 36.4 Å². The van der Waals surface area contributed by atoms with Crippen molar-refractivity contribution in [2.24, 2.45) is 0 Å². The van der Waals surface area contributed by atoms with Crippen LogP contribution in [0.5, 0.6) is 11.5 Å². The summed E-state index contributed by atoms with van der Waals surface area (Å²) in [7, 11) is 1.60. The maximum absolute atomic E-state index is 6.06. The number of rotatable bonds is 7. The fourth-order valence-corrected chi connectivity index (χ4v) is 2.68. The molecule has 5 heteroatoms. The molecule has 0 saturated heterocycles. The molecule has 2 aromatic carbocycles. The van der Waals surface area contributed by atoms with Crippen molar-refractivity contribution in [3.63, 3.8) is 0 Å². The summed E-state index contributed by atoms with van der Waals surface area (Å²) in [5, 5.41) is 1.58. The van der Waals surface area contributed by atoms with Crippen LogP contribution in [-0.4, -0.2) is 12.1 Å². The third-order valence-corrected chi connectivity index (χ3v) is 4.18. The molecule has 0 amide bonds. The van der Waals surface area contributed by atoms with Gasteiger partial charge in [0.05, 0.1) is 12.5 Å². The maximum atomic E-state index is 6.06. The molecule has 5 nitrogen and oxygen atoms in total. The number of hydrogen-bond acceptors (Lipinski definition) is 5. The van der Waals surface area contributed by atoms with Crippen LogP contribution in [0.3, 0.4) is 0 Å². The zero-order chi connectivity index (χ0) is 20.5. The highest BCUT2D eigenvalue weighted by molar-refractivity contribution is 5.49. The second kappa shape index (κ2) is 9.99. The summed E-state index contributed by atoms with van der Waals surface area (Å²) >= 11 is 0. The summed E-state index contributed by atoms with van der Waals surface area (Å²) in [5.41, 5.74) is 7.51. The highest BCUT2D eigenvalue weighted by Gasteiger charge is 2.04. The van der Waals surface area contributed by atoms with Crippen molar-refractivity contribution in [3.8, 4) is 11.5 Å². The molecule has 0 radical (unpaired) electrons. The van der Waals surface area contributed by atoms with Crippen LogP contribution < -0.4 is 21.0 Å². The van der Waals surface area contributed by atoms with E-state index in [1.54, 1.807) is 31.7 Å². The minimum absolute atomic E-state index is 0.454. The number of pyridine rings is 1. The van der Waals surface area contributed by atoms with Gasteiger partial charge in [-0.15, -0.1) is 0 Å². The molecule has 148 valence electrons. The molecule has 0 bridgehead atoms. The number of benzene rings is 2. The Balaban J connectivity index is 1.90. The zero-order valence-corrected chi connectivity index (χ0v) is 16.5. The Bertz CT molecular complexity index is 1080. The SMILES string of the molecule is C/C=c1/nccc(Oc2ccc(N)cc2)/c1=C/C(=C/OCc1ccccc1)OC. The highest BCUT2D eigenvalue weighted by atomic mass is 16.5. The summed E-state index contributed by atoms with van der Waals surface area (Å²) in [6, 6.07) is 19.0. The molecule has 0 fully saturated rings. The zero-order valence-electron chi connectivity index (χ0n) is 16.5. The third-order valence-electron chi connectivity index (χ3n) is 4.18. The van der Waals surface area contributed by atoms with E-state index in [0.29, 0.717) is 29.6 Å². The Morgan fingerprint density at radius 2 is 1.79 bits per heavy atom. The number of nitrogens with two attached hydrogens (primary N) is 1. The first-order valence-corrected chi connectivity index (χ1v) is 9.26. The van der Waals surface area contributed by atoms with Gasteiger partial charge >= 0.3 is 0 Å². The van der Waals surface area contributed by atoms with Gasteiger partial charge < -0.3 is 19.9 Å². The van der Waals surface area contributed by atoms with E-state index >= 15 is 0 Å². The Morgan fingerprint density at radius 1 is 1.03 bits per heavy atom. The van der Waals surface area contributed by atoms with E-state index in [9.17, 15) is 0 Å². The number of methoxy groups -OCH3 is 1. The van der Waals surface area contributed by atoms with Crippen molar-refractivity contribution in [2.45, 2.75) is 13.5 Å². The van der Waals surface area contributed by atoms with Crippen LogP contribution in [0.15, 0.2) is 78.9 Å². The Morgan fingerprint density at radius 3 is 2.48 bits per heavy atom. The minimum atomic E-state index is 0.454. The normalized spacial score (nSPS) is 12.7. The second-order valence-corrected chi connectivity index (χ2v) is 6.23. The van der Waals surface area contributed by atoms with Crippen molar-refractivity contribution in [2.75, 3.05) is 12.8 Å². The molecule has 0 unspecified atom stereocenters. The topological polar surface area (TPSA) is 66.6 Å². The van der Waals surface area contributed by atoms with Gasteiger partial charge in [0.25, 0.3) is 0 Å². The van der Waals surface area contributed by atoms with Crippen molar-refractivity contribution >= 4 is 17.8 Å². The molecule has 1 aromatic heterocycles. The van der Waals surface area contributed by atoms with Gasteiger partial charge in [-0.25, -0.2) is 0 Å². The summed E-state index contributed by atoms with van der Waals surface area (Å²) in [4.78, 5) is 4.42. The molecule has 2 N–H and O–H groups in total. The van der Waals surface area contributed by atoms with Crippen molar-refractivity contribution in [1.29, 1.82) is 0 Å². The monoisotopic (exact) mass is 388 g/mol. The number of hydrogen-bond donors (Lipinski definition) is 1. The fraction of sp³-hybridized carbons (Fsp3) is 0.125. The molecule has 0 saturated carbocycles. The lowest BCUT2D eigenvalue weighted by Gasteiger charge is -2.08. The standard InChI is InChI=1S/C24H24N2O3/c1-3-23-22(15-21(27-2)17-28-16-18-7-5-4-6-8-18)24(13-14-26-23)29-20-11-9-19(25)10-12-20/h3-15,17H,16,25H2,1-2H3/b21-17-,22-15+,23-3+. The number of allylic oxidation sites excluding steroid dienone is 1. The van der Waals surface area contributed by atoms with E-state index in [2.05, 4.69) is 4.98 Å². The predicted octanol–water partition coefficient (Wildman–Crippen LogP) is 3.74. The number of ether oxygens (including phenoxy) is 3. The van der Waals surface area contributed by atoms with Crippen molar-refractivity contribution in [1.82, 2.24) is 4.98 Å². The average Bonchev–Trinajstić information content (AvgIpc) is 2.76. The van der Waals surface area contributed by atoms with Crippen LogP contribution in [-0.2, 0) is 16.1 Å². The molecule has 0 aliphatic rings. The van der Waals surface area contributed by atoms with Gasteiger partial charge in [0, 0.05) is 17.1 Å². The molecular formula is C24H24N2O3. The molecule has 0 aliphatic heterocycles. The molecule has 0 aliphatic carbocycles. The minimum Gasteiger partial charge on any atom is -0.494 e. The van der Waals surface area contributed by atoms with Gasteiger partial charge in [-0.3, -0.25) is 4.98 Å². The lowest BCUT2D eigenvalue weighted by molar-refractivity contribution is 0.209. The Kier molecular flexibility index (Phi) is 6.90. The Labute approximate surface area is 170 Å². The van der Waals surface area contributed by atoms with E-state index in [0.717, 1.165) is 16.1 Å². The van der Waals surface area contributed by atoms with E-state index < -0.39 is 0 Å². The quantitative estimate of drug-likeness (QED) is 0.493.